The molecule has 0 amide bonds. The van der Waals surface area contributed by atoms with Gasteiger partial charge in [0.1, 0.15) is 0 Å². The molecule has 0 unspecified atom stereocenters. The summed E-state index contributed by atoms with van der Waals surface area (Å²) in [7, 11) is 0. The van der Waals surface area contributed by atoms with Gasteiger partial charge in [-0.25, -0.2) is 0 Å². The van der Waals surface area contributed by atoms with Gasteiger partial charge in [-0.05, 0) is 6.07 Å². The first-order valence-electron chi connectivity index (χ1n) is 19.5. The van der Waals surface area contributed by atoms with E-state index in [0.29, 0.717) is 0 Å². The topological polar surface area (TPSA) is 12.9 Å². The van der Waals surface area contributed by atoms with Crippen molar-refractivity contribution >= 4 is 87.8 Å². The number of fused-ring (bicyclic) bond motifs is 8. The second kappa shape index (κ2) is 12.9. The first kappa shape index (κ1) is 32.4. The predicted molar refractivity (Wildman–Crippen MR) is 245 cm³/mol. The first-order valence-corrected chi connectivity index (χ1v) is 21.2. The van der Waals surface area contributed by atoms with Crippen LogP contribution in [0.5, 0.6) is 0 Å². The molecule has 10 aromatic carbocycles. The van der Waals surface area contributed by atoms with Crippen LogP contribution in [0.1, 0.15) is 0 Å². The van der Waals surface area contributed by atoms with E-state index in [1.165, 1.54) is 107 Å². The van der Waals surface area contributed by atoms with E-state index in [2.05, 4.69) is 188 Å². The number of nitrogens with zero attached hydrogens (tertiary/aromatic N) is 1. The van der Waals surface area contributed by atoms with E-state index in [4.69, 9.17) is 4.98 Å². The van der Waals surface area contributed by atoms with Crippen LogP contribution in [0.2, 0.25) is 0 Å². The third-order valence-electron chi connectivity index (χ3n) is 11.9. The second-order valence-corrected chi connectivity index (χ2v) is 17.3. The number of benzene rings is 10. The Balaban J connectivity index is 1.05. The molecule has 0 radical (unpaired) electrons. The van der Waals surface area contributed by atoms with E-state index >= 15 is 0 Å². The third kappa shape index (κ3) is 5.05. The van der Waals surface area contributed by atoms with Crippen LogP contribution >= 0.6 is 0 Å². The molecule has 0 atom stereocenters. The first-order chi connectivity index (χ1) is 28.3. The third-order valence-corrected chi connectivity index (χ3v) is 14.2. The fourth-order valence-electron chi connectivity index (χ4n) is 9.42. The van der Waals surface area contributed by atoms with Crippen LogP contribution in [-0.2, 0) is 0 Å². The molecule has 0 fully saturated rings. The van der Waals surface area contributed by atoms with Crippen LogP contribution in [0.3, 0.4) is 0 Å². The van der Waals surface area contributed by atoms with Gasteiger partial charge in [0, 0.05) is 0 Å². The number of aromatic nitrogens is 1. The summed E-state index contributed by atoms with van der Waals surface area (Å²) in [5.41, 5.74) is 11.2. The van der Waals surface area contributed by atoms with E-state index in [9.17, 15) is 0 Å². The van der Waals surface area contributed by atoms with Crippen LogP contribution < -0.4 is 0 Å². The van der Waals surface area contributed by atoms with Crippen LogP contribution in [-0.4, -0.2) is 19.5 Å². The summed E-state index contributed by atoms with van der Waals surface area (Å²) in [6, 6.07) is 72.0. The van der Waals surface area contributed by atoms with Gasteiger partial charge in [-0.1, -0.05) is 0 Å². The Morgan fingerprint density at radius 2 is 0.737 bits per heavy atom. The fourth-order valence-corrected chi connectivity index (χ4v) is 11.8. The van der Waals surface area contributed by atoms with Gasteiger partial charge in [0.05, 0.1) is 0 Å². The van der Waals surface area contributed by atoms with Gasteiger partial charge in [-0.2, -0.15) is 0 Å². The number of hydrogen-bond donors (Lipinski definition) is 0. The van der Waals surface area contributed by atoms with Gasteiger partial charge in [0.25, 0.3) is 0 Å². The van der Waals surface area contributed by atoms with E-state index < -0.39 is 0 Å². The molecular weight excluding hydrogens is 754 g/mol. The molecule has 0 aliphatic heterocycles. The zero-order valence-corrected chi connectivity index (χ0v) is 32.6. The Kier molecular flexibility index (Phi) is 7.32. The molecule has 0 saturated heterocycles. The van der Waals surface area contributed by atoms with Crippen molar-refractivity contribution in [3.8, 4) is 44.5 Å². The summed E-state index contributed by atoms with van der Waals surface area (Å²) in [6.07, 6.45) is 1.88. The van der Waals surface area contributed by atoms with Gasteiger partial charge in [-0.3, -0.25) is 0 Å². The van der Waals surface area contributed by atoms with E-state index in [-0.39, 0.29) is 14.5 Å². The normalized spacial score (nSPS) is 11.9. The standard InChI is InChI=1S/C55H33NSe/c1-2-13-35(14-3-1)52-40-16-4-6-18-42(40)53(43-19-7-5-17-41(43)52)36-27-29-50-48(31-36)39-28-26-38(33-51(39)57-50)55-46-22-10-8-20-44(46)54(45-21-9-11-23-47(45)55)37-25-24-34-15-12-30-56-49(34)32-37/h1-33H. The quantitative estimate of drug-likeness (QED) is 0.128. The van der Waals surface area contributed by atoms with Crippen molar-refractivity contribution in [1.82, 2.24) is 4.98 Å². The van der Waals surface area contributed by atoms with Crippen LogP contribution in [0.15, 0.2) is 200 Å². The van der Waals surface area contributed by atoms with Crippen molar-refractivity contribution < 1.29 is 0 Å². The molecule has 0 spiro atoms. The van der Waals surface area contributed by atoms with Gasteiger partial charge < -0.3 is 0 Å². The molecule has 264 valence electrons. The number of pyridine rings is 1. The minimum atomic E-state index is 0.199. The molecule has 0 aliphatic rings. The van der Waals surface area contributed by atoms with E-state index in [1.54, 1.807) is 0 Å². The molecule has 0 N–H and O–H groups in total. The van der Waals surface area contributed by atoms with Gasteiger partial charge in [-0.15, -0.1) is 0 Å². The Morgan fingerprint density at radius 1 is 0.281 bits per heavy atom. The fraction of sp³-hybridized carbons (Fsp3) is 0. The molecule has 1 nitrogen and oxygen atoms in total. The molecule has 57 heavy (non-hydrogen) atoms. The second-order valence-electron chi connectivity index (χ2n) is 15.0. The summed E-state index contributed by atoms with van der Waals surface area (Å²) in [6.45, 7) is 0. The van der Waals surface area contributed by atoms with Crippen LogP contribution in [0.4, 0.5) is 0 Å². The van der Waals surface area contributed by atoms with Gasteiger partial charge >= 0.3 is 332 Å². The average Bonchev–Trinajstić information content (AvgIpc) is 3.64. The van der Waals surface area contributed by atoms with Crippen molar-refractivity contribution in [2.45, 2.75) is 0 Å². The molecule has 2 aromatic heterocycles. The maximum atomic E-state index is 4.71. The number of hydrogen-bond acceptors (Lipinski definition) is 1. The average molecular weight is 787 g/mol. The SMILES string of the molecule is c1ccc(-c2c3ccccc3c(-c3ccc4[se]c5cc(-c6c7ccccc7c(-c7ccc8cccnc8c7)c7ccccc67)ccc5c4c3)c3ccccc23)cc1. The summed E-state index contributed by atoms with van der Waals surface area (Å²) >= 11 is 0.199. The Hall–Kier alpha value is -6.83. The molecule has 0 saturated carbocycles. The zero-order chi connectivity index (χ0) is 37.5. The van der Waals surface area contributed by atoms with E-state index in [0.717, 1.165) is 10.9 Å². The molecule has 0 bridgehead atoms. The van der Waals surface area contributed by atoms with E-state index in [1.807, 2.05) is 12.3 Å². The molecule has 2 heteroatoms. The monoisotopic (exact) mass is 787 g/mol. The Morgan fingerprint density at radius 3 is 1.30 bits per heavy atom. The maximum absolute atomic E-state index is 4.71. The van der Waals surface area contributed by atoms with Crippen molar-refractivity contribution in [3.63, 3.8) is 0 Å². The summed E-state index contributed by atoms with van der Waals surface area (Å²) in [5.74, 6) is 0. The van der Waals surface area contributed by atoms with Gasteiger partial charge in [0.2, 0.25) is 0 Å². The van der Waals surface area contributed by atoms with Crippen molar-refractivity contribution in [2.24, 2.45) is 0 Å². The van der Waals surface area contributed by atoms with Crippen molar-refractivity contribution in [1.29, 1.82) is 0 Å². The van der Waals surface area contributed by atoms with Crippen LogP contribution in [0, 0.1) is 0 Å². The Labute approximate surface area is 335 Å². The Bertz CT molecular complexity index is 3460. The molecular formula is C55H33NSe. The van der Waals surface area contributed by atoms with Crippen molar-refractivity contribution in [3.05, 3.63) is 200 Å². The zero-order valence-electron chi connectivity index (χ0n) is 30.9. The number of rotatable bonds is 4. The van der Waals surface area contributed by atoms with Gasteiger partial charge in [0.15, 0.2) is 0 Å². The molecule has 2 heterocycles. The summed E-state index contributed by atoms with van der Waals surface area (Å²) in [5, 5.41) is 14.1. The molecule has 12 rings (SSSR count). The predicted octanol–water partition coefficient (Wildman–Crippen LogP) is 14.9. The molecule has 0 aliphatic carbocycles. The van der Waals surface area contributed by atoms with Crippen molar-refractivity contribution in [2.75, 3.05) is 0 Å². The summed E-state index contributed by atoms with van der Waals surface area (Å²) < 4.78 is 2.89. The minimum absolute atomic E-state index is 0.199. The molecule has 12 aromatic rings. The van der Waals surface area contributed by atoms with Crippen LogP contribution in [0.25, 0.3) is 118 Å². The summed E-state index contributed by atoms with van der Waals surface area (Å²) in [4.78, 5) is 4.71.